The molecule has 0 saturated heterocycles. The molecule has 0 spiro atoms. The van der Waals surface area contributed by atoms with Crippen molar-refractivity contribution in [3.63, 3.8) is 0 Å². The van der Waals surface area contributed by atoms with Gasteiger partial charge in [-0.05, 0) is 38.9 Å². The molecule has 1 rings (SSSR count). The first-order chi connectivity index (χ1) is 8.36. The van der Waals surface area contributed by atoms with Crippen molar-refractivity contribution < 1.29 is 9.47 Å². The molecule has 0 amide bonds. The van der Waals surface area contributed by atoms with Crippen LogP contribution in [0.5, 0.6) is 5.75 Å². The Bertz CT molecular complexity index is 277. The van der Waals surface area contributed by atoms with E-state index in [2.05, 4.69) is 5.32 Å². The standard InChI is InChI=1S/C14H23NO2/c1-3-16-11-9-13(15-2)10-12-17-14-7-5-4-6-8-14/h4-8,13,15H,3,9-12H2,1-2H3. The van der Waals surface area contributed by atoms with Crippen molar-refractivity contribution >= 4 is 0 Å². The molecule has 3 heteroatoms. The fourth-order valence-electron chi connectivity index (χ4n) is 1.64. The average Bonchev–Trinajstić information content (AvgIpc) is 2.38. The van der Waals surface area contributed by atoms with Gasteiger partial charge in [0.15, 0.2) is 0 Å². The van der Waals surface area contributed by atoms with Crippen LogP contribution in [0.25, 0.3) is 0 Å². The van der Waals surface area contributed by atoms with Gasteiger partial charge < -0.3 is 14.8 Å². The van der Waals surface area contributed by atoms with Crippen LogP contribution < -0.4 is 10.1 Å². The summed E-state index contributed by atoms with van der Waals surface area (Å²) in [7, 11) is 1.99. The molecule has 96 valence electrons. The summed E-state index contributed by atoms with van der Waals surface area (Å²) in [6.07, 6.45) is 2.03. The second kappa shape index (κ2) is 9.02. The Labute approximate surface area is 104 Å². The Kier molecular flexibility index (Phi) is 7.43. The van der Waals surface area contributed by atoms with Gasteiger partial charge in [-0.3, -0.25) is 0 Å². The third-order valence-electron chi connectivity index (χ3n) is 2.70. The van der Waals surface area contributed by atoms with Crippen molar-refractivity contribution in [1.82, 2.24) is 5.32 Å². The number of rotatable bonds is 9. The highest BCUT2D eigenvalue weighted by Crippen LogP contribution is 2.09. The molecule has 0 heterocycles. The van der Waals surface area contributed by atoms with Crippen molar-refractivity contribution in [3.05, 3.63) is 30.3 Å². The van der Waals surface area contributed by atoms with Gasteiger partial charge in [-0.15, -0.1) is 0 Å². The summed E-state index contributed by atoms with van der Waals surface area (Å²) in [4.78, 5) is 0. The normalized spacial score (nSPS) is 12.4. The molecule has 17 heavy (non-hydrogen) atoms. The Morgan fingerprint density at radius 3 is 2.47 bits per heavy atom. The quantitative estimate of drug-likeness (QED) is 0.669. The molecule has 0 radical (unpaired) electrons. The van der Waals surface area contributed by atoms with Gasteiger partial charge in [0.1, 0.15) is 5.75 Å². The summed E-state index contributed by atoms with van der Waals surface area (Å²) < 4.78 is 11.0. The number of ether oxygens (including phenoxy) is 2. The maximum absolute atomic E-state index is 5.66. The number of benzene rings is 1. The molecular weight excluding hydrogens is 214 g/mol. The molecule has 1 unspecified atom stereocenters. The highest BCUT2D eigenvalue weighted by Gasteiger charge is 2.05. The van der Waals surface area contributed by atoms with Gasteiger partial charge in [0.25, 0.3) is 0 Å². The third kappa shape index (κ3) is 6.29. The minimum absolute atomic E-state index is 0.463. The Hall–Kier alpha value is -1.06. The first kappa shape index (κ1) is 14.0. The maximum Gasteiger partial charge on any atom is 0.119 e. The van der Waals surface area contributed by atoms with Gasteiger partial charge in [-0.1, -0.05) is 18.2 Å². The van der Waals surface area contributed by atoms with Gasteiger partial charge in [0.05, 0.1) is 6.61 Å². The van der Waals surface area contributed by atoms with E-state index in [0.717, 1.165) is 38.4 Å². The number of para-hydroxylation sites is 1. The lowest BCUT2D eigenvalue weighted by Gasteiger charge is -2.16. The van der Waals surface area contributed by atoms with Crippen molar-refractivity contribution in [3.8, 4) is 5.75 Å². The van der Waals surface area contributed by atoms with Crippen LogP contribution in [0.2, 0.25) is 0 Å². The fraction of sp³-hybridized carbons (Fsp3) is 0.571. The SMILES string of the molecule is CCOCCC(CCOc1ccccc1)NC. The fourth-order valence-corrected chi connectivity index (χ4v) is 1.64. The van der Waals surface area contributed by atoms with Gasteiger partial charge in [0, 0.05) is 19.3 Å². The van der Waals surface area contributed by atoms with Crippen LogP contribution in [0.1, 0.15) is 19.8 Å². The molecule has 3 nitrogen and oxygen atoms in total. The summed E-state index contributed by atoms with van der Waals surface area (Å²) >= 11 is 0. The van der Waals surface area contributed by atoms with Crippen LogP contribution in [-0.2, 0) is 4.74 Å². The summed E-state index contributed by atoms with van der Waals surface area (Å²) in [6, 6.07) is 10.4. The van der Waals surface area contributed by atoms with Gasteiger partial charge in [0.2, 0.25) is 0 Å². The highest BCUT2D eigenvalue weighted by atomic mass is 16.5. The molecule has 0 aliphatic heterocycles. The van der Waals surface area contributed by atoms with E-state index >= 15 is 0 Å². The van der Waals surface area contributed by atoms with Crippen LogP contribution in [0.3, 0.4) is 0 Å². The topological polar surface area (TPSA) is 30.5 Å². The van der Waals surface area contributed by atoms with E-state index in [0.29, 0.717) is 6.04 Å². The zero-order valence-electron chi connectivity index (χ0n) is 10.8. The van der Waals surface area contributed by atoms with Crippen LogP contribution in [-0.4, -0.2) is 32.9 Å². The molecule has 1 N–H and O–H groups in total. The minimum atomic E-state index is 0.463. The third-order valence-corrected chi connectivity index (χ3v) is 2.70. The van der Waals surface area contributed by atoms with E-state index in [1.165, 1.54) is 0 Å². The second-order valence-corrected chi connectivity index (χ2v) is 3.92. The molecule has 1 aromatic carbocycles. The highest BCUT2D eigenvalue weighted by molar-refractivity contribution is 5.20. The van der Waals surface area contributed by atoms with Gasteiger partial charge in [-0.2, -0.15) is 0 Å². The lowest BCUT2D eigenvalue weighted by Crippen LogP contribution is -2.28. The first-order valence-electron chi connectivity index (χ1n) is 6.29. The molecule has 1 aromatic rings. The molecule has 0 bridgehead atoms. The average molecular weight is 237 g/mol. The van der Waals surface area contributed by atoms with Crippen LogP contribution in [0, 0.1) is 0 Å². The molecule has 0 aromatic heterocycles. The summed E-state index contributed by atoms with van der Waals surface area (Å²) in [5.74, 6) is 0.937. The van der Waals surface area contributed by atoms with E-state index in [4.69, 9.17) is 9.47 Å². The largest absolute Gasteiger partial charge is 0.494 e. The first-order valence-corrected chi connectivity index (χ1v) is 6.29. The second-order valence-electron chi connectivity index (χ2n) is 3.92. The summed E-state index contributed by atoms with van der Waals surface area (Å²) in [6.45, 7) is 4.36. The van der Waals surface area contributed by atoms with Crippen molar-refractivity contribution in [1.29, 1.82) is 0 Å². The monoisotopic (exact) mass is 237 g/mol. The van der Waals surface area contributed by atoms with Gasteiger partial charge >= 0.3 is 0 Å². The minimum Gasteiger partial charge on any atom is -0.494 e. The molecular formula is C14H23NO2. The smallest absolute Gasteiger partial charge is 0.119 e. The summed E-state index contributed by atoms with van der Waals surface area (Å²) in [5.41, 5.74) is 0. The lowest BCUT2D eigenvalue weighted by molar-refractivity contribution is 0.133. The number of hydrogen-bond acceptors (Lipinski definition) is 3. The van der Waals surface area contributed by atoms with Crippen molar-refractivity contribution in [2.75, 3.05) is 26.9 Å². The number of hydrogen-bond donors (Lipinski definition) is 1. The molecule has 0 aliphatic rings. The lowest BCUT2D eigenvalue weighted by atomic mass is 10.1. The molecule has 0 aliphatic carbocycles. The Morgan fingerprint density at radius 1 is 1.12 bits per heavy atom. The number of nitrogens with one attached hydrogen (secondary N) is 1. The van der Waals surface area contributed by atoms with Crippen molar-refractivity contribution in [2.45, 2.75) is 25.8 Å². The van der Waals surface area contributed by atoms with E-state index in [1.54, 1.807) is 0 Å². The molecule has 0 saturated carbocycles. The maximum atomic E-state index is 5.66. The van der Waals surface area contributed by atoms with Crippen LogP contribution in [0.4, 0.5) is 0 Å². The van der Waals surface area contributed by atoms with E-state index < -0.39 is 0 Å². The van der Waals surface area contributed by atoms with Crippen LogP contribution >= 0.6 is 0 Å². The Balaban J connectivity index is 2.15. The van der Waals surface area contributed by atoms with E-state index in [1.807, 2.05) is 44.3 Å². The Morgan fingerprint density at radius 2 is 1.82 bits per heavy atom. The van der Waals surface area contributed by atoms with Crippen LogP contribution in [0.15, 0.2) is 30.3 Å². The zero-order valence-corrected chi connectivity index (χ0v) is 10.8. The molecule has 0 fully saturated rings. The van der Waals surface area contributed by atoms with Crippen molar-refractivity contribution in [2.24, 2.45) is 0 Å². The zero-order chi connectivity index (χ0) is 12.3. The van der Waals surface area contributed by atoms with E-state index in [9.17, 15) is 0 Å². The summed E-state index contributed by atoms with van der Waals surface area (Å²) in [5, 5.41) is 3.29. The molecule has 1 atom stereocenters. The van der Waals surface area contributed by atoms with Gasteiger partial charge in [-0.25, -0.2) is 0 Å². The van der Waals surface area contributed by atoms with E-state index in [-0.39, 0.29) is 0 Å². The predicted octanol–water partition coefficient (Wildman–Crippen LogP) is 2.47. The predicted molar refractivity (Wildman–Crippen MR) is 70.5 cm³/mol.